The Kier molecular flexibility index (Phi) is 7.77. The summed E-state index contributed by atoms with van der Waals surface area (Å²) < 4.78 is 10.9. The summed E-state index contributed by atoms with van der Waals surface area (Å²) in [5.41, 5.74) is 0.826. The quantitative estimate of drug-likeness (QED) is 0.499. The van der Waals surface area contributed by atoms with Gasteiger partial charge in [-0.15, -0.1) is 0 Å². The molecule has 2 aromatic rings. The van der Waals surface area contributed by atoms with Crippen LogP contribution in [0.15, 0.2) is 33.8 Å². The van der Waals surface area contributed by atoms with E-state index in [1.165, 1.54) is 6.42 Å². The average molecular weight is 447 g/mol. The van der Waals surface area contributed by atoms with Gasteiger partial charge in [0.25, 0.3) is 0 Å². The predicted molar refractivity (Wildman–Crippen MR) is 121 cm³/mol. The molecular weight excluding hydrogens is 416 g/mol. The lowest BCUT2D eigenvalue weighted by Gasteiger charge is -2.34. The number of ether oxygens (including phenoxy) is 1. The summed E-state index contributed by atoms with van der Waals surface area (Å²) in [6.07, 6.45) is 3.42. The lowest BCUT2D eigenvalue weighted by atomic mass is 10.0. The SMILES string of the molecule is CCNC(=NCc1nc(-c2cccc(Cl)c2)no1)NC1CCN(CC2CCOC2)CC1. The fourth-order valence-electron chi connectivity index (χ4n) is 4.08. The van der Waals surface area contributed by atoms with Crippen molar-refractivity contribution in [2.45, 2.75) is 38.8 Å². The highest BCUT2D eigenvalue weighted by molar-refractivity contribution is 6.30. The van der Waals surface area contributed by atoms with Crippen molar-refractivity contribution in [3.8, 4) is 11.4 Å². The molecule has 0 saturated carbocycles. The van der Waals surface area contributed by atoms with Crippen molar-refractivity contribution in [2.75, 3.05) is 39.4 Å². The van der Waals surface area contributed by atoms with Crippen LogP contribution in [0.3, 0.4) is 0 Å². The number of guanidine groups is 1. The first-order valence-electron chi connectivity index (χ1n) is 11.1. The van der Waals surface area contributed by atoms with E-state index in [2.05, 4.69) is 37.6 Å². The van der Waals surface area contributed by atoms with Gasteiger partial charge in [0.2, 0.25) is 11.7 Å². The van der Waals surface area contributed by atoms with Crippen LogP contribution in [0.1, 0.15) is 32.1 Å². The summed E-state index contributed by atoms with van der Waals surface area (Å²) in [5, 5.41) is 11.6. The van der Waals surface area contributed by atoms with E-state index in [1.807, 2.05) is 24.3 Å². The van der Waals surface area contributed by atoms with Crippen molar-refractivity contribution in [3.05, 3.63) is 35.2 Å². The number of piperidine rings is 1. The van der Waals surface area contributed by atoms with Crippen LogP contribution in [-0.4, -0.2) is 66.4 Å². The van der Waals surface area contributed by atoms with Crippen LogP contribution in [0, 0.1) is 5.92 Å². The second-order valence-electron chi connectivity index (χ2n) is 8.17. The van der Waals surface area contributed by atoms with E-state index >= 15 is 0 Å². The van der Waals surface area contributed by atoms with Crippen LogP contribution in [-0.2, 0) is 11.3 Å². The maximum Gasteiger partial charge on any atom is 0.248 e. The zero-order valence-corrected chi connectivity index (χ0v) is 18.8. The number of aliphatic imine (C=N–C) groups is 1. The normalized spacial score (nSPS) is 20.8. The molecule has 4 rings (SSSR count). The van der Waals surface area contributed by atoms with Gasteiger partial charge in [0, 0.05) is 49.4 Å². The molecule has 0 aliphatic carbocycles. The second kappa shape index (κ2) is 10.9. The largest absolute Gasteiger partial charge is 0.381 e. The monoisotopic (exact) mass is 446 g/mol. The highest BCUT2D eigenvalue weighted by Crippen LogP contribution is 2.20. The molecule has 1 aromatic heterocycles. The van der Waals surface area contributed by atoms with E-state index in [0.717, 1.165) is 63.8 Å². The Balaban J connectivity index is 1.28. The Hall–Kier alpha value is -2.16. The van der Waals surface area contributed by atoms with Gasteiger partial charge in [-0.25, -0.2) is 4.99 Å². The van der Waals surface area contributed by atoms with E-state index in [9.17, 15) is 0 Å². The number of nitrogens with one attached hydrogen (secondary N) is 2. The molecule has 1 aromatic carbocycles. The summed E-state index contributed by atoms with van der Waals surface area (Å²) in [4.78, 5) is 11.7. The van der Waals surface area contributed by atoms with Gasteiger partial charge in [-0.05, 0) is 44.2 Å². The zero-order chi connectivity index (χ0) is 21.5. The van der Waals surface area contributed by atoms with Crippen LogP contribution >= 0.6 is 11.6 Å². The molecule has 168 valence electrons. The number of halogens is 1. The van der Waals surface area contributed by atoms with Crippen molar-refractivity contribution < 1.29 is 9.26 Å². The first-order chi connectivity index (χ1) is 15.2. The van der Waals surface area contributed by atoms with Crippen LogP contribution in [0.2, 0.25) is 5.02 Å². The summed E-state index contributed by atoms with van der Waals surface area (Å²) in [5.74, 6) is 2.48. The van der Waals surface area contributed by atoms with Gasteiger partial charge in [-0.3, -0.25) is 0 Å². The minimum atomic E-state index is 0.323. The smallest absolute Gasteiger partial charge is 0.248 e. The third-order valence-corrected chi connectivity index (χ3v) is 5.97. The molecule has 0 radical (unpaired) electrons. The number of rotatable bonds is 7. The minimum absolute atomic E-state index is 0.323. The van der Waals surface area contributed by atoms with Crippen molar-refractivity contribution >= 4 is 17.6 Å². The molecule has 1 atom stereocenters. The third kappa shape index (κ3) is 6.41. The molecule has 3 heterocycles. The zero-order valence-electron chi connectivity index (χ0n) is 18.0. The summed E-state index contributed by atoms with van der Waals surface area (Å²) in [6, 6.07) is 7.82. The van der Waals surface area contributed by atoms with Gasteiger partial charge in [-0.2, -0.15) is 4.98 Å². The molecule has 2 aliphatic heterocycles. The van der Waals surface area contributed by atoms with Crippen molar-refractivity contribution in [2.24, 2.45) is 10.9 Å². The summed E-state index contributed by atoms with van der Waals surface area (Å²) in [6.45, 7) is 8.41. The number of hydrogen-bond donors (Lipinski definition) is 2. The Bertz CT molecular complexity index is 859. The van der Waals surface area contributed by atoms with E-state index in [4.69, 9.17) is 20.9 Å². The minimum Gasteiger partial charge on any atom is -0.381 e. The fourth-order valence-corrected chi connectivity index (χ4v) is 4.27. The van der Waals surface area contributed by atoms with E-state index in [-0.39, 0.29) is 0 Å². The molecule has 1 unspecified atom stereocenters. The average Bonchev–Trinajstić information content (AvgIpc) is 3.46. The topological polar surface area (TPSA) is 87.8 Å². The van der Waals surface area contributed by atoms with Crippen molar-refractivity contribution in [1.29, 1.82) is 0 Å². The predicted octanol–water partition coefficient (Wildman–Crippen LogP) is 2.95. The van der Waals surface area contributed by atoms with Gasteiger partial charge in [0.15, 0.2) is 5.96 Å². The number of aromatic nitrogens is 2. The standard InChI is InChI=1S/C22H31ClN6O2/c1-2-24-22(26-19-6-9-29(10-7-19)14-16-8-11-30-15-16)25-13-20-27-21(28-31-20)17-4-3-5-18(23)12-17/h3-5,12,16,19H,2,6-11,13-15H2,1H3,(H2,24,25,26). The Morgan fingerprint density at radius 3 is 2.90 bits per heavy atom. The number of likely N-dealkylation sites (tertiary alicyclic amines) is 1. The lowest BCUT2D eigenvalue weighted by molar-refractivity contribution is 0.150. The van der Waals surface area contributed by atoms with E-state index < -0.39 is 0 Å². The molecule has 0 spiro atoms. The number of nitrogens with zero attached hydrogens (tertiary/aromatic N) is 4. The first kappa shape index (κ1) is 22.0. The Morgan fingerprint density at radius 2 is 2.16 bits per heavy atom. The number of hydrogen-bond acceptors (Lipinski definition) is 6. The molecule has 2 N–H and O–H groups in total. The summed E-state index contributed by atoms with van der Waals surface area (Å²) >= 11 is 6.05. The van der Waals surface area contributed by atoms with Gasteiger partial charge in [-0.1, -0.05) is 28.9 Å². The number of benzene rings is 1. The maximum absolute atomic E-state index is 6.05. The van der Waals surface area contributed by atoms with Crippen LogP contribution in [0.5, 0.6) is 0 Å². The van der Waals surface area contributed by atoms with Crippen molar-refractivity contribution in [1.82, 2.24) is 25.7 Å². The van der Waals surface area contributed by atoms with Crippen LogP contribution < -0.4 is 10.6 Å². The van der Waals surface area contributed by atoms with Gasteiger partial charge in [0.05, 0.1) is 6.61 Å². The van der Waals surface area contributed by atoms with Gasteiger partial charge in [0.1, 0.15) is 6.54 Å². The highest BCUT2D eigenvalue weighted by Gasteiger charge is 2.24. The van der Waals surface area contributed by atoms with Crippen LogP contribution in [0.4, 0.5) is 0 Å². The molecular formula is C22H31ClN6O2. The Labute approximate surface area is 188 Å². The summed E-state index contributed by atoms with van der Waals surface area (Å²) in [7, 11) is 0. The molecule has 8 nitrogen and oxygen atoms in total. The third-order valence-electron chi connectivity index (χ3n) is 5.74. The first-order valence-corrected chi connectivity index (χ1v) is 11.5. The lowest BCUT2D eigenvalue weighted by Crippen LogP contribution is -2.49. The van der Waals surface area contributed by atoms with Crippen molar-refractivity contribution in [3.63, 3.8) is 0 Å². The second-order valence-corrected chi connectivity index (χ2v) is 8.60. The fraction of sp³-hybridized carbons (Fsp3) is 0.591. The van der Waals surface area contributed by atoms with Gasteiger partial charge >= 0.3 is 0 Å². The molecule has 0 bridgehead atoms. The molecule has 2 aliphatic rings. The highest BCUT2D eigenvalue weighted by atomic mass is 35.5. The molecule has 2 fully saturated rings. The Morgan fingerprint density at radius 1 is 1.29 bits per heavy atom. The molecule has 2 saturated heterocycles. The van der Waals surface area contributed by atoms with E-state index in [0.29, 0.717) is 35.2 Å². The molecule has 0 amide bonds. The van der Waals surface area contributed by atoms with Crippen LogP contribution in [0.25, 0.3) is 11.4 Å². The van der Waals surface area contributed by atoms with E-state index in [1.54, 1.807) is 0 Å². The molecule has 31 heavy (non-hydrogen) atoms. The maximum atomic E-state index is 6.05. The van der Waals surface area contributed by atoms with Gasteiger partial charge < -0.3 is 24.8 Å². The molecule has 9 heteroatoms.